The Hall–Kier alpha value is -1.19. The molecule has 0 aliphatic heterocycles. The highest BCUT2D eigenvalue weighted by atomic mass is 32.2. The summed E-state index contributed by atoms with van der Waals surface area (Å²) in [7, 11) is -4.59. The molecule has 1 aromatic carbocycles. The zero-order valence-electron chi connectivity index (χ0n) is 9.55. The maximum Gasteiger partial charge on any atom is 0.420 e. The lowest BCUT2D eigenvalue weighted by molar-refractivity contribution is -0.170. The lowest BCUT2D eigenvalue weighted by atomic mass is 10.2. The summed E-state index contributed by atoms with van der Waals surface area (Å²) in [5.41, 5.74) is 0.744. The van der Waals surface area contributed by atoms with Crippen molar-refractivity contribution in [3.8, 4) is 0 Å². The fourth-order valence-electron chi connectivity index (χ4n) is 1.10. The van der Waals surface area contributed by atoms with E-state index in [1.807, 2.05) is 0 Å². The summed E-state index contributed by atoms with van der Waals surface area (Å²) in [5.74, 6) is 0. The van der Waals surface area contributed by atoms with Crippen molar-refractivity contribution < 1.29 is 30.0 Å². The minimum absolute atomic E-state index is 0.131. The summed E-state index contributed by atoms with van der Waals surface area (Å²) < 4.78 is 74.8. The van der Waals surface area contributed by atoms with E-state index in [2.05, 4.69) is 4.18 Å². The molecule has 0 bridgehead atoms. The van der Waals surface area contributed by atoms with Gasteiger partial charge in [0.25, 0.3) is 10.1 Å². The number of halogens is 3. The van der Waals surface area contributed by atoms with Crippen molar-refractivity contribution in [1.82, 2.24) is 0 Å². The maximum atomic E-state index is 12.4. The van der Waals surface area contributed by atoms with Gasteiger partial charge in [0.2, 0.25) is 6.10 Å². The smallest absolute Gasteiger partial charge is 0.248 e. The van der Waals surface area contributed by atoms with Gasteiger partial charge in [-0.3, -0.25) is 0 Å². The molecule has 0 fully saturated rings. The fourth-order valence-corrected chi connectivity index (χ4v) is 2.50. The predicted molar refractivity (Wildman–Crippen MR) is 63.5 cm³/mol. The van der Waals surface area contributed by atoms with Gasteiger partial charge in [0, 0.05) is 5.37 Å². The standard InChI is InChI=1S/C10H9F3O4S2/c1-7-2-4-8(5-3-7)19(15,16)17-9(6-18-14)10(11,12)13/h2-6,9H,1H3. The quantitative estimate of drug-likeness (QED) is 0.626. The summed E-state index contributed by atoms with van der Waals surface area (Å²) in [6, 6.07) is 5.10. The van der Waals surface area contributed by atoms with E-state index in [0.717, 1.165) is 17.7 Å². The van der Waals surface area contributed by atoms with Crippen molar-refractivity contribution in [2.75, 3.05) is 0 Å². The Balaban J connectivity index is 3.07. The van der Waals surface area contributed by atoms with Gasteiger partial charge in [-0.05, 0) is 19.1 Å². The lowest BCUT2D eigenvalue weighted by Gasteiger charge is -2.15. The topological polar surface area (TPSA) is 60.4 Å². The third-order valence-electron chi connectivity index (χ3n) is 2.04. The van der Waals surface area contributed by atoms with Crippen LogP contribution >= 0.6 is 0 Å². The monoisotopic (exact) mass is 314 g/mol. The van der Waals surface area contributed by atoms with Gasteiger partial charge in [-0.2, -0.15) is 21.6 Å². The van der Waals surface area contributed by atoms with E-state index in [4.69, 9.17) is 0 Å². The van der Waals surface area contributed by atoms with E-state index in [9.17, 15) is 25.8 Å². The van der Waals surface area contributed by atoms with Crippen LogP contribution in [0.25, 0.3) is 0 Å². The molecule has 0 spiro atoms. The van der Waals surface area contributed by atoms with E-state index in [0.29, 0.717) is 0 Å². The molecule has 0 N–H and O–H groups in total. The predicted octanol–water partition coefficient (Wildman–Crippen LogP) is 1.65. The van der Waals surface area contributed by atoms with Gasteiger partial charge in [-0.1, -0.05) is 17.7 Å². The van der Waals surface area contributed by atoms with Crippen LogP contribution in [0.3, 0.4) is 0 Å². The first kappa shape index (κ1) is 15.9. The normalized spacial score (nSPS) is 13.9. The van der Waals surface area contributed by atoms with Gasteiger partial charge >= 0.3 is 6.18 Å². The van der Waals surface area contributed by atoms with Crippen LogP contribution in [-0.2, 0) is 25.6 Å². The lowest BCUT2D eigenvalue weighted by Crippen LogP contribution is -2.35. The molecule has 0 saturated carbocycles. The summed E-state index contributed by atoms with van der Waals surface area (Å²) in [5, 5.41) is 0.131. The van der Waals surface area contributed by atoms with Crippen LogP contribution in [0.5, 0.6) is 0 Å². The van der Waals surface area contributed by atoms with Crippen molar-refractivity contribution in [1.29, 1.82) is 0 Å². The van der Waals surface area contributed by atoms with Gasteiger partial charge in [0.05, 0.1) is 16.2 Å². The molecule has 0 amide bonds. The van der Waals surface area contributed by atoms with Crippen molar-refractivity contribution in [3.05, 3.63) is 29.8 Å². The minimum atomic E-state index is -4.98. The van der Waals surface area contributed by atoms with Crippen LogP contribution < -0.4 is 0 Å². The Labute approximate surface area is 111 Å². The van der Waals surface area contributed by atoms with Gasteiger partial charge in [-0.25, -0.2) is 8.39 Å². The summed E-state index contributed by atoms with van der Waals surface area (Å²) in [6.07, 6.45) is -7.75. The number of alkyl halides is 3. The highest BCUT2D eigenvalue weighted by Gasteiger charge is 2.43. The second kappa shape index (κ2) is 5.85. The summed E-state index contributed by atoms with van der Waals surface area (Å²) in [6.45, 7) is 1.69. The Morgan fingerprint density at radius 1 is 1.26 bits per heavy atom. The highest BCUT2D eigenvalue weighted by Crippen LogP contribution is 2.25. The van der Waals surface area contributed by atoms with Gasteiger partial charge < -0.3 is 0 Å². The second-order valence-corrected chi connectivity index (χ2v) is 5.59. The Kier molecular flexibility index (Phi) is 4.88. The molecule has 9 heteroatoms. The highest BCUT2D eigenvalue weighted by molar-refractivity contribution is 7.86. The molecule has 1 rings (SSSR count). The first-order valence-electron chi connectivity index (χ1n) is 4.85. The van der Waals surface area contributed by atoms with E-state index < -0.39 is 38.5 Å². The number of rotatable bonds is 4. The zero-order valence-corrected chi connectivity index (χ0v) is 11.2. The largest absolute Gasteiger partial charge is 0.420 e. The molecule has 106 valence electrons. The van der Waals surface area contributed by atoms with Crippen molar-refractivity contribution >= 4 is 26.7 Å². The van der Waals surface area contributed by atoms with Crippen LogP contribution in [0.4, 0.5) is 13.2 Å². The summed E-state index contributed by atoms with van der Waals surface area (Å²) >= 11 is -0.510. The van der Waals surface area contributed by atoms with Crippen LogP contribution in [0, 0.1) is 6.92 Å². The number of benzene rings is 1. The van der Waals surface area contributed by atoms with Crippen molar-refractivity contribution in [3.63, 3.8) is 0 Å². The number of hydrogen-bond acceptors (Lipinski definition) is 4. The molecule has 19 heavy (non-hydrogen) atoms. The van der Waals surface area contributed by atoms with Crippen molar-refractivity contribution in [2.45, 2.75) is 24.1 Å². The van der Waals surface area contributed by atoms with Crippen LogP contribution in [0.2, 0.25) is 0 Å². The fraction of sp³-hybridized carbons (Fsp3) is 0.300. The van der Waals surface area contributed by atoms with E-state index >= 15 is 0 Å². The van der Waals surface area contributed by atoms with Gasteiger partial charge in [0.15, 0.2) is 0 Å². The van der Waals surface area contributed by atoms with Crippen LogP contribution in [0.1, 0.15) is 5.56 Å². The third-order valence-corrected chi connectivity index (χ3v) is 3.71. The molecule has 0 aliphatic rings. The van der Waals surface area contributed by atoms with Crippen LogP contribution in [-0.4, -0.2) is 30.3 Å². The molecule has 0 radical (unpaired) electrons. The van der Waals surface area contributed by atoms with E-state index in [-0.39, 0.29) is 5.37 Å². The molecular weight excluding hydrogens is 305 g/mol. The molecule has 0 aromatic heterocycles. The number of aryl methyl sites for hydroxylation is 1. The third kappa shape index (κ3) is 4.44. The van der Waals surface area contributed by atoms with Gasteiger partial charge in [0.1, 0.15) is 0 Å². The average Bonchev–Trinajstić information content (AvgIpc) is 2.27. The number of hydrogen-bond donors (Lipinski definition) is 0. The average molecular weight is 314 g/mol. The Bertz CT molecular complexity index is 586. The second-order valence-electron chi connectivity index (χ2n) is 3.56. The van der Waals surface area contributed by atoms with E-state index in [1.54, 1.807) is 6.92 Å². The molecule has 0 saturated heterocycles. The first-order chi connectivity index (χ1) is 8.66. The Morgan fingerprint density at radius 2 is 1.79 bits per heavy atom. The van der Waals surface area contributed by atoms with Gasteiger partial charge in [-0.15, -0.1) is 0 Å². The van der Waals surface area contributed by atoms with Crippen molar-refractivity contribution in [2.24, 2.45) is 0 Å². The molecule has 1 unspecified atom stereocenters. The molecule has 1 aromatic rings. The Morgan fingerprint density at radius 3 is 2.21 bits per heavy atom. The van der Waals surface area contributed by atoms with E-state index in [1.165, 1.54) is 12.1 Å². The summed E-state index contributed by atoms with van der Waals surface area (Å²) in [4.78, 5) is -0.406. The zero-order chi connectivity index (χ0) is 14.7. The molecular formula is C10H9F3O4S2. The first-order valence-corrected chi connectivity index (χ1v) is 7.07. The molecule has 0 aliphatic carbocycles. The maximum absolute atomic E-state index is 12.4. The SMILES string of the molecule is Cc1ccc(S(=O)(=O)OC(C=S=O)C(F)(F)F)cc1. The molecule has 1 atom stereocenters. The molecule has 0 heterocycles. The minimum Gasteiger partial charge on any atom is -0.248 e. The van der Waals surface area contributed by atoms with Crippen LogP contribution in [0.15, 0.2) is 29.2 Å². The molecule has 4 nitrogen and oxygen atoms in total.